The lowest BCUT2D eigenvalue weighted by molar-refractivity contribution is 0.0529. The summed E-state index contributed by atoms with van der Waals surface area (Å²) in [4.78, 5) is 10.7. The van der Waals surface area contributed by atoms with Gasteiger partial charge in [-0.2, -0.15) is 0 Å². The molecule has 3 fully saturated rings. The molecule has 6 heteroatoms. The molecule has 114 valence electrons. The molecule has 1 unspecified atom stereocenters. The van der Waals surface area contributed by atoms with Gasteiger partial charge in [-0.1, -0.05) is 0 Å². The number of methoxy groups -OCH3 is 1. The Morgan fingerprint density at radius 1 is 1.38 bits per heavy atom. The lowest BCUT2D eigenvalue weighted by atomic mass is 9.93. The van der Waals surface area contributed by atoms with Crippen molar-refractivity contribution in [3.05, 3.63) is 12.4 Å². The molecule has 1 aromatic heterocycles. The highest BCUT2D eigenvalue weighted by atomic mass is 32.2. The van der Waals surface area contributed by atoms with Gasteiger partial charge in [0.2, 0.25) is 5.88 Å². The van der Waals surface area contributed by atoms with E-state index in [1.807, 2.05) is 6.07 Å². The summed E-state index contributed by atoms with van der Waals surface area (Å²) in [5.41, 5.74) is 0. The Kier molecular flexibility index (Phi) is 3.46. The summed E-state index contributed by atoms with van der Waals surface area (Å²) in [5.74, 6) is 3.60. The van der Waals surface area contributed by atoms with Gasteiger partial charge in [0, 0.05) is 31.5 Å². The number of thioether (sulfide) groups is 1. The van der Waals surface area contributed by atoms with Crippen molar-refractivity contribution in [3.8, 4) is 5.88 Å². The summed E-state index contributed by atoms with van der Waals surface area (Å²) in [7, 11) is 1.64. The van der Waals surface area contributed by atoms with Gasteiger partial charge in [-0.05, 0) is 25.2 Å². The van der Waals surface area contributed by atoms with Crippen LogP contribution in [0.5, 0.6) is 5.88 Å². The molecule has 3 heterocycles. The standard InChI is InChI=1S/C15H21N3O2S/c1-19-14-4-13(16-10-17-14)18-8-15(9-18)5-12(7-21-15)20-6-11-2-3-11/h4,10-12H,2-3,5-9H2,1H3. The van der Waals surface area contributed by atoms with Gasteiger partial charge < -0.3 is 14.4 Å². The van der Waals surface area contributed by atoms with Crippen LogP contribution in [0.4, 0.5) is 5.82 Å². The van der Waals surface area contributed by atoms with Crippen molar-refractivity contribution in [2.45, 2.75) is 30.1 Å². The van der Waals surface area contributed by atoms with E-state index >= 15 is 0 Å². The average molecular weight is 307 g/mol. The number of aromatic nitrogens is 2. The van der Waals surface area contributed by atoms with Gasteiger partial charge in [-0.3, -0.25) is 0 Å². The third-order valence-corrected chi connectivity index (χ3v) is 6.13. The van der Waals surface area contributed by atoms with Crippen molar-refractivity contribution in [1.29, 1.82) is 0 Å². The second-order valence-corrected chi connectivity index (χ2v) is 7.86. The monoisotopic (exact) mass is 307 g/mol. The minimum absolute atomic E-state index is 0.381. The maximum atomic E-state index is 6.05. The molecule has 0 amide bonds. The number of anilines is 1. The van der Waals surface area contributed by atoms with Crippen molar-refractivity contribution in [1.82, 2.24) is 9.97 Å². The molecule has 4 rings (SSSR count). The highest BCUT2D eigenvalue weighted by Gasteiger charge is 2.50. The zero-order chi connectivity index (χ0) is 14.3. The molecule has 1 atom stereocenters. The van der Waals surface area contributed by atoms with Crippen molar-refractivity contribution in [3.63, 3.8) is 0 Å². The van der Waals surface area contributed by atoms with Gasteiger partial charge >= 0.3 is 0 Å². The Morgan fingerprint density at radius 2 is 2.24 bits per heavy atom. The molecule has 1 saturated carbocycles. The predicted molar refractivity (Wildman–Crippen MR) is 83.1 cm³/mol. The molecule has 0 N–H and O–H groups in total. The molecule has 5 nitrogen and oxygen atoms in total. The lowest BCUT2D eigenvalue weighted by Crippen LogP contribution is -2.59. The zero-order valence-corrected chi connectivity index (χ0v) is 13.1. The van der Waals surface area contributed by atoms with Gasteiger partial charge in [0.05, 0.1) is 18.0 Å². The van der Waals surface area contributed by atoms with Crippen molar-refractivity contribution in [2.24, 2.45) is 5.92 Å². The topological polar surface area (TPSA) is 47.5 Å². The third kappa shape index (κ3) is 2.83. The van der Waals surface area contributed by atoms with Crippen molar-refractivity contribution < 1.29 is 9.47 Å². The smallest absolute Gasteiger partial charge is 0.218 e. The molecule has 2 saturated heterocycles. The number of ether oxygens (including phenoxy) is 2. The van der Waals surface area contributed by atoms with Crippen LogP contribution in [0, 0.1) is 5.92 Å². The summed E-state index contributed by atoms with van der Waals surface area (Å²) in [6.45, 7) is 3.09. The van der Waals surface area contributed by atoms with E-state index < -0.39 is 0 Å². The number of rotatable bonds is 5. The summed E-state index contributed by atoms with van der Waals surface area (Å²) in [6.07, 6.45) is 5.95. The van der Waals surface area contributed by atoms with Crippen LogP contribution in [0.1, 0.15) is 19.3 Å². The van der Waals surface area contributed by atoms with E-state index in [4.69, 9.17) is 9.47 Å². The number of hydrogen-bond acceptors (Lipinski definition) is 6. The number of nitrogens with zero attached hydrogens (tertiary/aromatic N) is 3. The van der Waals surface area contributed by atoms with E-state index in [0.717, 1.165) is 37.2 Å². The molecule has 0 aromatic carbocycles. The molecule has 0 bridgehead atoms. The Labute approximate surface area is 129 Å². The minimum atomic E-state index is 0.381. The van der Waals surface area contributed by atoms with E-state index in [2.05, 4.69) is 26.6 Å². The Balaban J connectivity index is 1.31. The van der Waals surface area contributed by atoms with Gasteiger partial charge in [0.15, 0.2) is 0 Å². The molecule has 0 radical (unpaired) electrons. The first kappa shape index (κ1) is 13.6. The second-order valence-electron chi connectivity index (χ2n) is 6.37. The van der Waals surface area contributed by atoms with Crippen LogP contribution in [0.25, 0.3) is 0 Å². The molecule has 1 aliphatic carbocycles. The summed E-state index contributed by atoms with van der Waals surface area (Å²) >= 11 is 2.08. The largest absolute Gasteiger partial charge is 0.481 e. The van der Waals surface area contributed by atoms with Crippen LogP contribution < -0.4 is 9.64 Å². The highest BCUT2D eigenvalue weighted by molar-refractivity contribution is 8.01. The predicted octanol–water partition coefficient (Wildman–Crippen LogP) is 1.98. The first-order valence-electron chi connectivity index (χ1n) is 7.63. The van der Waals surface area contributed by atoms with Crippen LogP contribution in [-0.4, -0.2) is 53.4 Å². The maximum absolute atomic E-state index is 6.05. The summed E-state index contributed by atoms with van der Waals surface area (Å²) in [5, 5.41) is 0. The average Bonchev–Trinajstić information content (AvgIpc) is 3.21. The van der Waals surface area contributed by atoms with E-state index in [0.29, 0.717) is 16.7 Å². The Morgan fingerprint density at radius 3 is 3.00 bits per heavy atom. The minimum Gasteiger partial charge on any atom is -0.481 e. The molecule has 1 aromatic rings. The normalized spacial score (nSPS) is 26.9. The first-order valence-corrected chi connectivity index (χ1v) is 8.61. The zero-order valence-electron chi connectivity index (χ0n) is 12.3. The van der Waals surface area contributed by atoms with Crippen LogP contribution in [-0.2, 0) is 4.74 Å². The van der Waals surface area contributed by atoms with E-state index in [1.54, 1.807) is 13.4 Å². The maximum Gasteiger partial charge on any atom is 0.218 e. The van der Waals surface area contributed by atoms with Gasteiger partial charge in [0.1, 0.15) is 12.1 Å². The SMILES string of the molecule is COc1cc(N2CC3(CC(OCC4CC4)CS3)C2)ncn1. The molecule has 1 spiro atoms. The van der Waals surface area contributed by atoms with Crippen LogP contribution in [0.15, 0.2) is 12.4 Å². The fourth-order valence-corrected chi connectivity index (χ4v) is 4.66. The summed E-state index contributed by atoms with van der Waals surface area (Å²) < 4.78 is 11.6. The lowest BCUT2D eigenvalue weighted by Gasteiger charge is -2.48. The molecule has 2 aliphatic heterocycles. The van der Waals surface area contributed by atoms with E-state index in [9.17, 15) is 0 Å². The van der Waals surface area contributed by atoms with E-state index in [1.165, 1.54) is 19.3 Å². The Bertz CT molecular complexity index is 517. The van der Waals surface area contributed by atoms with Gasteiger partial charge in [-0.15, -0.1) is 11.8 Å². The summed E-state index contributed by atoms with van der Waals surface area (Å²) in [6, 6.07) is 1.91. The Hall–Kier alpha value is -1.01. The second kappa shape index (κ2) is 5.32. The molecular weight excluding hydrogens is 286 g/mol. The molecular formula is C15H21N3O2S. The highest BCUT2D eigenvalue weighted by Crippen LogP contribution is 2.47. The van der Waals surface area contributed by atoms with Crippen molar-refractivity contribution >= 4 is 17.6 Å². The molecule has 3 aliphatic rings. The van der Waals surface area contributed by atoms with Gasteiger partial charge in [-0.25, -0.2) is 9.97 Å². The third-order valence-electron chi connectivity index (χ3n) is 4.56. The van der Waals surface area contributed by atoms with Crippen molar-refractivity contribution in [2.75, 3.05) is 37.5 Å². The van der Waals surface area contributed by atoms with Gasteiger partial charge in [0.25, 0.3) is 0 Å². The fraction of sp³-hybridized carbons (Fsp3) is 0.733. The van der Waals surface area contributed by atoms with E-state index in [-0.39, 0.29) is 0 Å². The van der Waals surface area contributed by atoms with Crippen LogP contribution >= 0.6 is 11.8 Å². The number of hydrogen-bond donors (Lipinski definition) is 0. The van der Waals surface area contributed by atoms with Crippen LogP contribution in [0.3, 0.4) is 0 Å². The first-order chi connectivity index (χ1) is 10.3. The van der Waals surface area contributed by atoms with Crippen LogP contribution in [0.2, 0.25) is 0 Å². The quantitative estimate of drug-likeness (QED) is 0.829. The fourth-order valence-electron chi connectivity index (χ4n) is 3.11. The molecule has 21 heavy (non-hydrogen) atoms.